The molecule has 0 saturated carbocycles. The first-order valence-corrected chi connectivity index (χ1v) is 6.46. The molecule has 0 unspecified atom stereocenters. The van der Waals surface area contributed by atoms with Gasteiger partial charge in [-0.05, 0) is 30.9 Å². The maximum atomic E-state index is 10.5. The molecular formula is C13H20N2O5. The van der Waals surface area contributed by atoms with Gasteiger partial charge in [0.25, 0.3) is 0 Å². The van der Waals surface area contributed by atoms with Gasteiger partial charge in [0, 0.05) is 6.42 Å². The Bertz CT molecular complexity index is 467. The van der Waals surface area contributed by atoms with Crippen LogP contribution in [0.2, 0.25) is 0 Å². The molecule has 1 aromatic heterocycles. The predicted molar refractivity (Wildman–Crippen MR) is 72.3 cm³/mol. The van der Waals surface area contributed by atoms with E-state index in [9.17, 15) is 14.9 Å². The average molecular weight is 284 g/mol. The van der Waals surface area contributed by atoms with Crippen LogP contribution in [0.15, 0.2) is 16.5 Å². The molecule has 0 aliphatic rings. The molecule has 7 nitrogen and oxygen atoms in total. The van der Waals surface area contributed by atoms with Crippen molar-refractivity contribution >= 4 is 11.9 Å². The minimum atomic E-state index is -0.783. The van der Waals surface area contributed by atoms with Crippen molar-refractivity contribution in [1.82, 2.24) is 5.32 Å². The largest absolute Gasteiger partial charge is 0.481 e. The van der Waals surface area contributed by atoms with Crippen molar-refractivity contribution in [2.24, 2.45) is 5.41 Å². The Hall–Kier alpha value is -1.89. The molecule has 0 fully saturated rings. The maximum absolute atomic E-state index is 10.5. The average Bonchev–Trinajstić information content (AvgIpc) is 2.81. The van der Waals surface area contributed by atoms with Gasteiger partial charge in [0.15, 0.2) is 0 Å². The van der Waals surface area contributed by atoms with Crippen molar-refractivity contribution in [3.05, 3.63) is 28.0 Å². The molecule has 0 aliphatic heterocycles. The number of nitrogens with zero attached hydrogens (tertiary/aromatic N) is 1. The monoisotopic (exact) mass is 284 g/mol. The Labute approximate surface area is 117 Å². The van der Waals surface area contributed by atoms with Crippen molar-refractivity contribution < 1.29 is 19.2 Å². The third kappa shape index (κ3) is 5.83. The maximum Gasteiger partial charge on any atom is 0.433 e. The Morgan fingerprint density at radius 2 is 2.15 bits per heavy atom. The molecule has 0 radical (unpaired) electrons. The van der Waals surface area contributed by atoms with Crippen LogP contribution in [0, 0.1) is 15.5 Å². The van der Waals surface area contributed by atoms with Crippen LogP contribution in [0.1, 0.15) is 38.9 Å². The van der Waals surface area contributed by atoms with Gasteiger partial charge in [0.05, 0.1) is 12.6 Å². The fourth-order valence-electron chi connectivity index (χ4n) is 1.77. The van der Waals surface area contributed by atoms with Gasteiger partial charge in [-0.3, -0.25) is 14.9 Å². The first kappa shape index (κ1) is 16.2. The number of hydrogen-bond acceptors (Lipinski definition) is 5. The van der Waals surface area contributed by atoms with Crippen LogP contribution in [0.4, 0.5) is 5.88 Å². The minimum Gasteiger partial charge on any atom is -0.481 e. The molecule has 0 amide bonds. The van der Waals surface area contributed by atoms with Gasteiger partial charge in [0.2, 0.25) is 0 Å². The van der Waals surface area contributed by atoms with E-state index in [-0.39, 0.29) is 17.7 Å². The molecule has 112 valence electrons. The lowest BCUT2D eigenvalue weighted by Crippen LogP contribution is -2.22. The van der Waals surface area contributed by atoms with Crippen molar-refractivity contribution in [1.29, 1.82) is 0 Å². The second-order valence-corrected chi connectivity index (χ2v) is 5.48. The molecule has 1 heterocycles. The van der Waals surface area contributed by atoms with E-state index in [1.807, 2.05) is 13.8 Å². The third-order valence-corrected chi connectivity index (χ3v) is 3.12. The highest BCUT2D eigenvalue weighted by molar-refractivity contribution is 5.66. The predicted octanol–water partition coefficient (Wildman–Crippen LogP) is 2.56. The number of furan rings is 1. The number of rotatable bonds is 9. The van der Waals surface area contributed by atoms with E-state index in [2.05, 4.69) is 5.32 Å². The summed E-state index contributed by atoms with van der Waals surface area (Å²) in [5.41, 5.74) is -0.0550. The van der Waals surface area contributed by atoms with Gasteiger partial charge in [-0.15, -0.1) is 0 Å². The summed E-state index contributed by atoms with van der Waals surface area (Å²) in [5.74, 6) is -0.530. The van der Waals surface area contributed by atoms with Crippen LogP contribution in [0.25, 0.3) is 0 Å². The van der Waals surface area contributed by atoms with Crippen LogP contribution >= 0.6 is 0 Å². The molecule has 0 atom stereocenters. The van der Waals surface area contributed by atoms with Crippen LogP contribution < -0.4 is 5.32 Å². The Morgan fingerprint density at radius 1 is 1.45 bits per heavy atom. The summed E-state index contributed by atoms with van der Waals surface area (Å²) >= 11 is 0. The van der Waals surface area contributed by atoms with E-state index in [0.29, 0.717) is 25.3 Å². The van der Waals surface area contributed by atoms with E-state index >= 15 is 0 Å². The molecule has 7 heteroatoms. The number of nitro groups is 1. The third-order valence-electron chi connectivity index (χ3n) is 3.12. The SMILES string of the molecule is CC(C)(CCNCc1ccc([N+](=O)[O-])o1)CCC(=O)O. The lowest BCUT2D eigenvalue weighted by atomic mass is 9.84. The molecule has 0 saturated heterocycles. The number of nitrogens with one attached hydrogen (secondary N) is 1. The summed E-state index contributed by atoms with van der Waals surface area (Å²) in [6.45, 7) is 5.16. The molecule has 0 aliphatic carbocycles. The van der Waals surface area contributed by atoms with Gasteiger partial charge in [-0.1, -0.05) is 13.8 Å². The summed E-state index contributed by atoms with van der Waals surface area (Å²) in [6.07, 6.45) is 1.61. The summed E-state index contributed by atoms with van der Waals surface area (Å²) in [5, 5.41) is 22.2. The Balaban J connectivity index is 2.26. The molecule has 1 aromatic rings. The molecule has 0 aromatic carbocycles. The van der Waals surface area contributed by atoms with Crippen LogP contribution in [0.3, 0.4) is 0 Å². The number of carboxylic acids is 1. The Morgan fingerprint density at radius 3 is 2.70 bits per heavy atom. The topological polar surface area (TPSA) is 106 Å². The zero-order valence-electron chi connectivity index (χ0n) is 11.7. The molecule has 1 rings (SSSR count). The van der Waals surface area contributed by atoms with Crippen molar-refractivity contribution in [2.75, 3.05) is 6.54 Å². The van der Waals surface area contributed by atoms with Crippen molar-refractivity contribution in [3.8, 4) is 0 Å². The van der Waals surface area contributed by atoms with E-state index in [1.165, 1.54) is 6.07 Å². The van der Waals surface area contributed by atoms with Crippen LogP contribution in [-0.4, -0.2) is 22.5 Å². The summed E-state index contributed by atoms with van der Waals surface area (Å²) in [7, 11) is 0. The smallest absolute Gasteiger partial charge is 0.433 e. The first-order valence-electron chi connectivity index (χ1n) is 6.46. The molecule has 0 spiro atoms. The van der Waals surface area contributed by atoms with Crippen molar-refractivity contribution in [3.63, 3.8) is 0 Å². The van der Waals surface area contributed by atoms with Gasteiger partial charge in [-0.25, -0.2) is 0 Å². The fraction of sp³-hybridized carbons (Fsp3) is 0.615. The number of carboxylic acid groups (broad SMARTS) is 1. The van der Waals surface area contributed by atoms with Gasteiger partial charge < -0.3 is 14.8 Å². The number of aliphatic carboxylic acids is 1. The molecule has 20 heavy (non-hydrogen) atoms. The zero-order valence-corrected chi connectivity index (χ0v) is 11.7. The molecule has 0 bridgehead atoms. The highest BCUT2D eigenvalue weighted by Crippen LogP contribution is 2.26. The first-order chi connectivity index (χ1) is 9.30. The highest BCUT2D eigenvalue weighted by Gasteiger charge is 2.18. The van der Waals surface area contributed by atoms with Crippen LogP contribution in [-0.2, 0) is 11.3 Å². The van der Waals surface area contributed by atoms with E-state index < -0.39 is 10.9 Å². The Kier molecular flexibility index (Phi) is 5.69. The highest BCUT2D eigenvalue weighted by atomic mass is 16.6. The lowest BCUT2D eigenvalue weighted by Gasteiger charge is -2.23. The minimum absolute atomic E-state index is 0.0550. The van der Waals surface area contributed by atoms with Gasteiger partial charge in [-0.2, -0.15) is 0 Å². The summed E-state index contributed by atoms with van der Waals surface area (Å²) < 4.78 is 5.02. The standard InChI is InChI=1S/C13H20N2O5/c1-13(2,6-5-12(16)17)7-8-14-9-10-3-4-11(20-10)15(18)19/h3-4,14H,5-9H2,1-2H3,(H,16,17). The zero-order chi connectivity index (χ0) is 15.2. The van der Waals surface area contributed by atoms with Gasteiger partial charge >= 0.3 is 11.9 Å². The lowest BCUT2D eigenvalue weighted by molar-refractivity contribution is -0.402. The summed E-state index contributed by atoms with van der Waals surface area (Å²) in [4.78, 5) is 20.4. The van der Waals surface area contributed by atoms with Gasteiger partial charge in [0.1, 0.15) is 10.7 Å². The normalized spacial score (nSPS) is 11.5. The summed E-state index contributed by atoms with van der Waals surface area (Å²) in [6, 6.07) is 2.90. The quantitative estimate of drug-likeness (QED) is 0.410. The second kappa shape index (κ2) is 7.04. The molecule has 2 N–H and O–H groups in total. The fourth-order valence-corrected chi connectivity index (χ4v) is 1.77. The second-order valence-electron chi connectivity index (χ2n) is 5.48. The van der Waals surface area contributed by atoms with Crippen molar-refractivity contribution in [2.45, 2.75) is 39.7 Å². The molecular weight excluding hydrogens is 264 g/mol. The van der Waals surface area contributed by atoms with Crippen LogP contribution in [0.5, 0.6) is 0 Å². The number of carbonyl (C=O) groups is 1. The van der Waals surface area contributed by atoms with E-state index in [0.717, 1.165) is 6.42 Å². The van der Waals surface area contributed by atoms with E-state index in [1.54, 1.807) is 6.07 Å². The number of hydrogen-bond donors (Lipinski definition) is 2. The van der Waals surface area contributed by atoms with E-state index in [4.69, 9.17) is 9.52 Å².